The molecule has 0 N–H and O–H groups in total. The van der Waals surface area contributed by atoms with Crippen LogP contribution in [0.5, 0.6) is 5.75 Å². The summed E-state index contributed by atoms with van der Waals surface area (Å²) in [7, 11) is 1.62. The molecule has 0 aliphatic heterocycles. The Balaban J connectivity index is 1.85. The van der Waals surface area contributed by atoms with Crippen LogP contribution >= 0.6 is 0 Å². The zero-order chi connectivity index (χ0) is 19.8. The van der Waals surface area contributed by atoms with Gasteiger partial charge in [0.25, 0.3) is 5.69 Å². The monoisotopic (exact) mass is 378 g/mol. The van der Waals surface area contributed by atoms with Crippen molar-refractivity contribution in [3.63, 3.8) is 0 Å². The zero-order valence-electron chi connectivity index (χ0n) is 15.7. The van der Waals surface area contributed by atoms with Gasteiger partial charge in [-0.1, -0.05) is 17.3 Å². The molecule has 8 heteroatoms. The Hall–Kier alpha value is -3.68. The van der Waals surface area contributed by atoms with Crippen molar-refractivity contribution in [2.75, 3.05) is 7.11 Å². The van der Waals surface area contributed by atoms with Gasteiger partial charge in [0.15, 0.2) is 5.52 Å². The van der Waals surface area contributed by atoms with Gasteiger partial charge in [0.2, 0.25) is 0 Å². The maximum atomic E-state index is 11.6. The van der Waals surface area contributed by atoms with Crippen LogP contribution in [0, 0.1) is 24.0 Å². The fourth-order valence-corrected chi connectivity index (χ4v) is 3.38. The van der Waals surface area contributed by atoms with Crippen molar-refractivity contribution in [2.24, 2.45) is 0 Å². The van der Waals surface area contributed by atoms with Crippen LogP contribution in [0.3, 0.4) is 0 Å². The molecular formula is C20H18N4O4. The number of ether oxygens (including phenoxy) is 1. The third-order valence-corrected chi connectivity index (χ3v) is 4.74. The van der Waals surface area contributed by atoms with Gasteiger partial charge in [0, 0.05) is 18.2 Å². The van der Waals surface area contributed by atoms with E-state index < -0.39 is 4.92 Å². The van der Waals surface area contributed by atoms with Crippen molar-refractivity contribution < 1.29 is 14.2 Å². The van der Waals surface area contributed by atoms with Crippen LogP contribution in [0.4, 0.5) is 5.69 Å². The number of imidazole rings is 1. The van der Waals surface area contributed by atoms with Crippen molar-refractivity contribution >= 4 is 16.7 Å². The molecule has 0 atom stereocenters. The number of aryl methyl sites for hydroxylation is 2. The van der Waals surface area contributed by atoms with Gasteiger partial charge in [-0.3, -0.25) is 10.1 Å². The van der Waals surface area contributed by atoms with Crippen molar-refractivity contribution in [3.05, 3.63) is 69.9 Å². The normalized spacial score (nSPS) is 11.1. The third-order valence-electron chi connectivity index (χ3n) is 4.74. The van der Waals surface area contributed by atoms with E-state index >= 15 is 0 Å². The number of non-ortho nitro benzene ring substituents is 1. The van der Waals surface area contributed by atoms with Gasteiger partial charge < -0.3 is 13.8 Å². The fourth-order valence-electron chi connectivity index (χ4n) is 3.38. The number of hydrogen-bond acceptors (Lipinski definition) is 6. The minimum Gasteiger partial charge on any atom is -0.497 e. The average Bonchev–Trinajstić information content (AvgIpc) is 3.24. The minimum absolute atomic E-state index is 0.0408. The summed E-state index contributed by atoms with van der Waals surface area (Å²) in [6.07, 6.45) is 1.62. The van der Waals surface area contributed by atoms with Gasteiger partial charge in [0.05, 0.1) is 29.6 Å². The van der Waals surface area contributed by atoms with Crippen LogP contribution in [0.1, 0.15) is 17.0 Å². The van der Waals surface area contributed by atoms with Crippen LogP contribution in [-0.4, -0.2) is 26.7 Å². The van der Waals surface area contributed by atoms with Crippen LogP contribution in [0.2, 0.25) is 0 Å². The van der Waals surface area contributed by atoms with Gasteiger partial charge in [0.1, 0.15) is 11.5 Å². The second-order valence-corrected chi connectivity index (χ2v) is 6.54. The Labute approximate surface area is 160 Å². The summed E-state index contributed by atoms with van der Waals surface area (Å²) in [4.78, 5) is 15.5. The van der Waals surface area contributed by atoms with E-state index in [4.69, 9.17) is 9.26 Å². The number of methoxy groups -OCH3 is 1. The number of nitrogens with zero attached hydrogens (tertiary/aromatic N) is 4. The Morgan fingerprint density at radius 1 is 1.21 bits per heavy atom. The van der Waals surface area contributed by atoms with E-state index in [1.165, 1.54) is 6.07 Å². The molecule has 0 aliphatic rings. The molecule has 28 heavy (non-hydrogen) atoms. The van der Waals surface area contributed by atoms with Crippen molar-refractivity contribution in [3.8, 4) is 16.9 Å². The predicted molar refractivity (Wildman–Crippen MR) is 103 cm³/mol. The molecule has 0 saturated carbocycles. The lowest BCUT2D eigenvalue weighted by Gasteiger charge is -2.08. The first kappa shape index (κ1) is 17.7. The number of benzene rings is 2. The highest BCUT2D eigenvalue weighted by molar-refractivity contribution is 5.91. The number of rotatable bonds is 5. The van der Waals surface area contributed by atoms with E-state index in [2.05, 4.69) is 10.1 Å². The van der Waals surface area contributed by atoms with Gasteiger partial charge >= 0.3 is 0 Å². The number of hydrogen-bond donors (Lipinski definition) is 0. The number of nitro groups is 1. The molecule has 0 fully saturated rings. The summed E-state index contributed by atoms with van der Waals surface area (Å²) in [5, 5.41) is 15.6. The smallest absolute Gasteiger partial charge is 0.297 e. The maximum Gasteiger partial charge on any atom is 0.297 e. The predicted octanol–water partition coefficient (Wildman–Crippen LogP) is 4.27. The first-order valence-electron chi connectivity index (χ1n) is 8.67. The molecule has 2 heterocycles. The first-order valence-corrected chi connectivity index (χ1v) is 8.67. The Bertz CT molecular complexity index is 1160. The molecule has 142 valence electrons. The molecule has 4 rings (SSSR count). The SMILES string of the molecule is COc1ccc(Cn2cnc3c([N+](=O)[O-])cc(-c4c(C)noc4C)cc32)cc1. The standard InChI is InChI=1S/C20H18N4O4/c1-12-19(13(2)28-22-12)15-8-17-20(18(9-15)24(25)26)21-11-23(17)10-14-4-6-16(27-3)7-5-14/h4-9,11H,10H2,1-3H3. The molecule has 2 aromatic heterocycles. The van der Waals surface area contributed by atoms with Crippen LogP contribution in [0.15, 0.2) is 47.2 Å². The Morgan fingerprint density at radius 3 is 2.57 bits per heavy atom. The van der Waals surface area contributed by atoms with Crippen LogP contribution in [0.25, 0.3) is 22.2 Å². The van der Waals surface area contributed by atoms with Gasteiger partial charge in [-0.05, 0) is 43.2 Å². The number of fused-ring (bicyclic) bond motifs is 1. The van der Waals surface area contributed by atoms with Gasteiger partial charge in [-0.25, -0.2) is 4.98 Å². The van der Waals surface area contributed by atoms with E-state index in [0.717, 1.165) is 16.9 Å². The van der Waals surface area contributed by atoms with Gasteiger partial charge in [-0.2, -0.15) is 0 Å². The van der Waals surface area contributed by atoms with Gasteiger partial charge in [-0.15, -0.1) is 0 Å². The molecule has 0 bridgehead atoms. The third kappa shape index (κ3) is 2.98. The van der Waals surface area contributed by atoms with Crippen molar-refractivity contribution in [1.82, 2.24) is 14.7 Å². The van der Waals surface area contributed by atoms with Crippen molar-refractivity contribution in [2.45, 2.75) is 20.4 Å². The lowest BCUT2D eigenvalue weighted by molar-refractivity contribution is -0.383. The van der Waals surface area contributed by atoms with Crippen LogP contribution in [-0.2, 0) is 6.54 Å². The Kier molecular flexibility index (Phi) is 4.31. The number of aromatic nitrogens is 3. The number of nitro benzene ring substituents is 1. The summed E-state index contributed by atoms with van der Waals surface area (Å²) < 4.78 is 12.3. The van der Waals surface area contributed by atoms with Crippen molar-refractivity contribution in [1.29, 1.82) is 0 Å². The lowest BCUT2D eigenvalue weighted by atomic mass is 10.0. The van der Waals surface area contributed by atoms with E-state index in [1.54, 1.807) is 20.4 Å². The van der Waals surface area contributed by atoms with E-state index in [-0.39, 0.29) is 5.69 Å². The summed E-state index contributed by atoms with van der Waals surface area (Å²) in [5.41, 5.74) is 4.17. The first-order chi connectivity index (χ1) is 13.5. The molecule has 4 aromatic rings. The molecule has 0 unspecified atom stereocenters. The molecule has 0 amide bonds. The van der Waals surface area contributed by atoms with E-state index in [0.29, 0.717) is 34.6 Å². The molecule has 0 saturated heterocycles. The Morgan fingerprint density at radius 2 is 1.96 bits per heavy atom. The average molecular weight is 378 g/mol. The largest absolute Gasteiger partial charge is 0.497 e. The molecule has 0 aliphatic carbocycles. The molecule has 0 spiro atoms. The summed E-state index contributed by atoms with van der Waals surface area (Å²) in [6, 6.07) is 11.1. The summed E-state index contributed by atoms with van der Waals surface area (Å²) in [5.74, 6) is 1.39. The zero-order valence-corrected chi connectivity index (χ0v) is 15.7. The lowest BCUT2D eigenvalue weighted by Crippen LogP contribution is -1.99. The molecule has 8 nitrogen and oxygen atoms in total. The molecule has 0 radical (unpaired) electrons. The topological polar surface area (TPSA) is 96.2 Å². The molecule has 2 aromatic carbocycles. The van der Waals surface area contributed by atoms with Crippen LogP contribution < -0.4 is 4.74 Å². The highest BCUT2D eigenvalue weighted by Gasteiger charge is 2.22. The second-order valence-electron chi connectivity index (χ2n) is 6.54. The summed E-state index contributed by atoms with van der Waals surface area (Å²) in [6.45, 7) is 4.14. The molecular weight excluding hydrogens is 360 g/mol. The van der Waals surface area contributed by atoms with E-state index in [9.17, 15) is 10.1 Å². The summed E-state index contributed by atoms with van der Waals surface area (Å²) >= 11 is 0. The fraction of sp³-hybridized carbons (Fsp3) is 0.200. The second kappa shape index (κ2) is 6.80. The highest BCUT2D eigenvalue weighted by Crippen LogP contribution is 2.35. The minimum atomic E-state index is -0.408. The quantitative estimate of drug-likeness (QED) is 0.380. The maximum absolute atomic E-state index is 11.6. The highest BCUT2D eigenvalue weighted by atomic mass is 16.6. The van der Waals surface area contributed by atoms with E-state index in [1.807, 2.05) is 41.8 Å².